The first-order valence-corrected chi connectivity index (χ1v) is 8.92. The van der Waals surface area contributed by atoms with Crippen molar-refractivity contribution in [2.24, 2.45) is 0 Å². The average molecular weight is 373 g/mol. The number of carbonyl (C=O) groups excluding carboxylic acids is 2. The Kier molecular flexibility index (Phi) is 4.45. The number of ether oxygens (including phenoxy) is 1. The molecule has 0 saturated heterocycles. The molecule has 28 heavy (non-hydrogen) atoms. The molecule has 4 rings (SSSR count). The molecule has 0 aliphatic carbocycles. The van der Waals surface area contributed by atoms with E-state index in [1.165, 1.54) is 7.11 Å². The summed E-state index contributed by atoms with van der Waals surface area (Å²) in [6.45, 7) is 0.284. The topological polar surface area (TPSA) is 66.8 Å². The number of para-hydroxylation sites is 1. The lowest BCUT2D eigenvalue weighted by atomic mass is 9.88. The third-order valence-electron chi connectivity index (χ3n) is 5.05. The Morgan fingerprint density at radius 3 is 2.29 bits per heavy atom. The summed E-state index contributed by atoms with van der Waals surface area (Å²) in [6, 6.07) is 23.1. The molecule has 140 valence electrons. The largest absolute Gasteiger partial charge is 0.465 e. The summed E-state index contributed by atoms with van der Waals surface area (Å²) in [5.41, 5.74) is 1.35. The number of fused-ring (bicyclic) bond motifs is 1. The van der Waals surface area contributed by atoms with Crippen molar-refractivity contribution in [2.45, 2.75) is 12.1 Å². The maximum absolute atomic E-state index is 13.3. The van der Waals surface area contributed by atoms with Gasteiger partial charge in [-0.2, -0.15) is 0 Å². The van der Waals surface area contributed by atoms with Gasteiger partial charge in [0.2, 0.25) is 0 Å². The highest BCUT2D eigenvalue weighted by Gasteiger charge is 2.50. The number of aliphatic hydroxyl groups is 1. The van der Waals surface area contributed by atoms with Gasteiger partial charge in [0.25, 0.3) is 5.91 Å². The Hall–Kier alpha value is -3.44. The van der Waals surface area contributed by atoms with E-state index < -0.39 is 17.5 Å². The number of hydrogen-bond acceptors (Lipinski definition) is 4. The van der Waals surface area contributed by atoms with Crippen molar-refractivity contribution in [3.63, 3.8) is 0 Å². The number of nitrogens with zero attached hydrogens (tertiary/aromatic N) is 1. The van der Waals surface area contributed by atoms with Gasteiger partial charge >= 0.3 is 5.97 Å². The Balaban J connectivity index is 1.71. The number of rotatable bonds is 4. The lowest BCUT2D eigenvalue weighted by Gasteiger charge is -2.23. The molecule has 0 fully saturated rings. The van der Waals surface area contributed by atoms with Crippen LogP contribution < -0.4 is 4.90 Å². The Labute approximate surface area is 162 Å². The second kappa shape index (κ2) is 6.94. The summed E-state index contributed by atoms with van der Waals surface area (Å²) in [4.78, 5) is 26.5. The van der Waals surface area contributed by atoms with Gasteiger partial charge in [-0.15, -0.1) is 0 Å². The minimum Gasteiger partial charge on any atom is -0.465 e. The monoisotopic (exact) mass is 373 g/mol. The molecule has 1 unspecified atom stereocenters. The molecular weight excluding hydrogens is 354 g/mol. The van der Waals surface area contributed by atoms with Gasteiger partial charge in [0, 0.05) is 5.56 Å². The second-order valence-electron chi connectivity index (χ2n) is 6.67. The molecule has 3 aromatic carbocycles. The second-order valence-corrected chi connectivity index (χ2v) is 6.67. The summed E-state index contributed by atoms with van der Waals surface area (Å²) in [6.07, 6.45) is 0. The number of carbonyl (C=O) groups is 2. The molecule has 3 aromatic rings. The summed E-state index contributed by atoms with van der Waals surface area (Å²) in [5.74, 6) is -0.801. The van der Waals surface area contributed by atoms with Crippen molar-refractivity contribution < 1.29 is 19.4 Å². The molecule has 1 aliphatic rings. The van der Waals surface area contributed by atoms with Crippen LogP contribution >= 0.6 is 0 Å². The highest BCUT2D eigenvalue weighted by atomic mass is 16.5. The van der Waals surface area contributed by atoms with E-state index in [1.54, 1.807) is 59.5 Å². The van der Waals surface area contributed by atoms with E-state index in [4.69, 9.17) is 4.74 Å². The third-order valence-corrected chi connectivity index (χ3v) is 5.05. The fourth-order valence-corrected chi connectivity index (χ4v) is 3.60. The quantitative estimate of drug-likeness (QED) is 0.713. The zero-order chi connectivity index (χ0) is 19.7. The molecule has 1 heterocycles. The number of methoxy groups -OCH3 is 1. The molecule has 0 spiro atoms. The molecule has 0 saturated carbocycles. The highest BCUT2D eigenvalue weighted by molar-refractivity contribution is 6.09. The zero-order valence-corrected chi connectivity index (χ0v) is 15.3. The fraction of sp³-hybridized carbons (Fsp3) is 0.130. The van der Waals surface area contributed by atoms with Crippen LogP contribution in [0.5, 0.6) is 0 Å². The third kappa shape index (κ3) is 2.77. The average Bonchev–Trinajstić information content (AvgIpc) is 2.97. The molecule has 1 amide bonds. The predicted octanol–water partition coefficient (Wildman–Crippen LogP) is 3.26. The normalized spacial score (nSPS) is 18.1. The predicted molar refractivity (Wildman–Crippen MR) is 105 cm³/mol. The molecular formula is C23H19NO4. The first-order valence-electron chi connectivity index (χ1n) is 8.92. The lowest BCUT2D eigenvalue weighted by Crippen LogP contribution is -2.40. The van der Waals surface area contributed by atoms with Gasteiger partial charge in [0.1, 0.15) is 0 Å². The van der Waals surface area contributed by atoms with Crippen molar-refractivity contribution in [1.82, 2.24) is 0 Å². The first kappa shape index (κ1) is 17.9. The zero-order valence-electron chi connectivity index (χ0n) is 15.3. The number of anilines is 1. The molecule has 5 nitrogen and oxygen atoms in total. The maximum atomic E-state index is 13.3. The van der Waals surface area contributed by atoms with Crippen molar-refractivity contribution in [1.29, 1.82) is 0 Å². The highest BCUT2D eigenvalue weighted by Crippen LogP contribution is 2.44. The molecule has 1 aliphatic heterocycles. The molecule has 0 radical (unpaired) electrons. The van der Waals surface area contributed by atoms with Crippen molar-refractivity contribution in [3.05, 3.63) is 101 Å². The van der Waals surface area contributed by atoms with E-state index in [1.807, 2.05) is 24.3 Å². The van der Waals surface area contributed by atoms with E-state index in [9.17, 15) is 14.7 Å². The molecule has 0 bridgehead atoms. The van der Waals surface area contributed by atoms with E-state index >= 15 is 0 Å². The van der Waals surface area contributed by atoms with Crippen LogP contribution in [-0.4, -0.2) is 24.1 Å². The van der Waals surface area contributed by atoms with E-state index in [0.29, 0.717) is 22.4 Å². The van der Waals surface area contributed by atoms with Gasteiger partial charge in [-0.05, 0) is 29.3 Å². The summed E-state index contributed by atoms with van der Waals surface area (Å²) >= 11 is 0. The SMILES string of the molecule is COC(=O)c1ccc(CN2C(=O)C(O)(c3ccccc3)c3ccccc32)cc1. The minimum atomic E-state index is -1.72. The number of hydrogen-bond donors (Lipinski definition) is 1. The van der Waals surface area contributed by atoms with Gasteiger partial charge in [-0.1, -0.05) is 60.7 Å². The van der Waals surface area contributed by atoms with Crippen LogP contribution in [0, 0.1) is 0 Å². The van der Waals surface area contributed by atoms with Gasteiger partial charge in [0.15, 0.2) is 5.60 Å². The van der Waals surface area contributed by atoms with Crippen molar-refractivity contribution in [3.8, 4) is 0 Å². The number of benzene rings is 3. The smallest absolute Gasteiger partial charge is 0.337 e. The lowest BCUT2D eigenvalue weighted by molar-refractivity contribution is -0.132. The first-order chi connectivity index (χ1) is 13.6. The molecule has 1 atom stereocenters. The summed E-state index contributed by atoms with van der Waals surface area (Å²) in [5, 5.41) is 11.4. The minimum absolute atomic E-state index is 0.284. The van der Waals surface area contributed by atoms with Crippen LogP contribution in [0.25, 0.3) is 0 Å². The Bertz CT molecular complexity index is 1030. The van der Waals surface area contributed by atoms with Crippen LogP contribution in [0.2, 0.25) is 0 Å². The Morgan fingerprint density at radius 2 is 1.61 bits per heavy atom. The van der Waals surface area contributed by atoms with Crippen LogP contribution in [0.1, 0.15) is 27.0 Å². The van der Waals surface area contributed by atoms with Crippen LogP contribution in [0.3, 0.4) is 0 Å². The maximum Gasteiger partial charge on any atom is 0.337 e. The summed E-state index contributed by atoms with van der Waals surface area (Å²) in [7, 11) is 1.33. The van der Waals surface area contributed by atoms with Crippen molar-refractivity contribution >= 4 is 17.6 Å². The summed E-state index contributed by atoms with van der Waals surface area (Å²) < 4.78 is 4.71. The van der Waals surface area contributed by atoms with E-state index in [2.05, 4.69) is 0 Å². The van der Waals surface area contributed by atoms with E-state index in [-0.39, 0.29) is 6.54 Å². The molecule has 1 N–H and O–H groups in total. The van der Waals surface area contributed by atoms with Crippen LogP contribution in [-0.2, 0) is 21.7 Å². The molecule has 5 heteroatoms. The number of esters is 1. The van der Waals surface area contributed by atoms with Gasteiger partial charge in [0.05, 0.1) is 24.9 Å². The molecule has 0 aromatic heterocycles. The fourth-order valence-electron chi connectivity index (χ4n) is 3.60. The van der Waals surface area contributed by atoms with Crippen LogP contribution in [0.4, 0.5) is 5.69 Å². The van der Waals surface area contributed by atoms with Gasteiger partial charge < -0.3 is 14.7 Å². The number of amides is 1. The van der Waals surface area contributed by atoms with Gasteiger partial charge in [-0.3, -0.25) is 4.79 Å². The standard InChI is InChI=1S/C23H19NO4/c1-28-21(25)17-13-11-16(12-14-17)15-24-20-10-6-5-9-19(20)23(27,22(24)26)18-7-3-2-4-8-18/h2-14,27H,15H2,1H3. The van der Waals surface area contributed by atoms with E-state index in [0.717, 1.165) is 5.56 Å². The van der Waals surface area contributed by atoms with Gasteiger partial charge in [-0.25, -0.2) is 4.79 Å². The van der Waals surface area contributed by atoms with Crippen LogP contribution in [0.15, 0.2) is 78.9 Å². The van der Waals surface area contributed by atoms with Crippen molar-refractivity contribution in [2.75, 3.05) is 12.0 Å². The Morgan fingerprint density at radius 1 is 0.964 bits per heavy atom.